The highest BCUT2D eigenvalue weighted by Crippen LogP contribution is 2.38. The van der Waals surface area contributed by atoms with Crippen molar-refractivity contribution in [3.05, 3.63) is 53.1 Å². The molecule has 0 radical (unpaired) electrons. The number of nitrogens with zero attached hydrogens (tertiary/aromatic N) is 2. The van der Waals surface area contributed by atoms with Crippen LogP contribution in [0.1, 0.15) is 56.9 Å². The summed E-state index contributed by atoms with van der Waals surface area (Å²) in [5, 5.41) is 1.33. The summed E-state index contributed by atoms with van der Waals surface area (Å²) in [5.74, 6) is -0.0126. The van der Waals surface area contributed by atoms with Crippen molar-refractivity contribution in [2.24, 2.45) is 13.0 Å². The van der Waals surface area contributed by atoms with Crippen LogP contribution in [-0.2, 0) is 37.8 Å². The van der Waals surface area contributed by atoms with Crippen LogP contribution in [0.2, 0.25) is 5.02 Å². The third-order valence-corrected chi connectivity index (χ3v) is 10.5. The molecule has 5 rings (SSSR count). The van der Waals surface area contributed by atoms with E-state index in [2.05, 4.69) is 4.72 Å². The Hall–Kier alpha value is -2.88. The number of aryl methyl sites for hydroxylation is 2. The van der Waals surface area contributed by atoms with Crippen LogP contribution in [0.15, 0.2) is 47.4 Å². The standard InChI is InChI=1S/C31H38ClN3O5S/c1-34-27-20-25(41(38,39)33-24-13-11-23(12-14-24)31(37)35-18-4-3-5-19-35)15-16-26(27)29(32)30(34)22-9-6-21(7-10-22)8-17-28(36)40-2/h6-7,9-10,15-16,20,23-24,33H,3-5,8,11-14,17-19H2,1-2H3/t23-,24-. The molecule has 0 bridgehead atoms. The van der Waals surface area contributed by atoms with Crippen molar-refractivity contribution in [3.8, 4) is 11.3 Å². The Kier molecular flexibility index (Phi) is 9.06. The first-order valence-corrected chi connectivity index (χ1v) is 16.3. The lowest BCUT2D eigenvalue weighted by Crippen LogP contribution is -2.43. The summed E-state index contributed by atoms with van der Waals surface area (Å²) in [6, 6.07) is 12.7. The second kappa shape index (κ2) is 12.5. The Balaban J connectivity index is 1.28. The fourth-order valence-corrected chi connectivity index (χ4v) is 7.87. The predicted octanol–water partition coefficient (Wildman–Crippen LogP) is 5.45. The molecule has 1 aliphatic carbocycles. The lowest BCUT2D eigenvalue weighted by Gasteiger charge is -2.34. The topological polar surface area (TPSA) is 97.7 Å². The average Bonchev–Trinajstić information content (AvgIpc) is 3.25. The van der Waals surface area contributed by atoms with Crippen LogP contribution in [0.5, 0.6) is 0 Å². The van der Waals surface area contributed by atoms with E-state index in [9.17, 15) is 18.0 Å². The summed E-state index contributed by atoms with van der Waals surface area (Å²) >= 11 is 6.80. The van der Waals surface area contributed by atoms with Gasteiger partial charge in [0, 0.05) is 43.9 Å². The molecular weight excluding hydrogens is 562 g/mol. The number of likely N-dealkylation sites (tertiary alicyclic amines) is 1. The van der Waals surface area contributed by atoms with Crippen LogP contribution < -0.4 is 4.72 Å². The Morgan fingerprint density at radius 1 is 1.00 bits per heavy atom. The number of halogens is 1. The number of amides is 1. The maximum absolute atomic E-state index is 13.4. The molecule has 1 saturated carbocycles. The SMILES string of the molecule is COC(=O)CCc1ccc(-c2c(Cl)c3ccc(S(=O)(=O)N[C@H]4CC[C@H](C(=O)N5CCCCC5)CC4)cc3n2C)cc1. The normalized spacial score (nSPS) is 19.8. The van der Waals surface area contributed by atoms with Crippen molar-refractivity contribution in [2.75, 3.05) is 20.2 Å². The van der Waals surface area contributed by atoms with Gasteiger partial charge in [-0.05, 0) is 80.7 Å². The zero-order chi connectivity index (χ0) is 29.1. The van der Waals surface area contributed by atoms with Crippen LogP contribution in [0.25, 0.3) is 22.2 Å². The van der Waals surface area contributed by atoms with Gasteiger partial charge in [-0.25, -0.2) is 13.1 Å². The van der Waals surface area contributed by atoms with Gasteiger partial charge in [0.05, 0.1) is 28.2 Å². The van der Waals surface area contributed by atoms with E-state index in [0.29, 0.717) is 43.5 Å². The number of esters is 1. The molecule has 2 aromatic carbocycles. The highest BCUT2D eigenvalue weighted by Gasteiger charge is 2.32. The summed E-state index contributed by atoms with van der Waals surface area (Å²) in [6.07, 6.45) is 6.96. The van der Waals surface area contributed by atoms with Crippen LogP contribution in [0, 0.1) is 5.92 Å². The number of aromatic nitrogens is 1. The molecule has 2 fully saturated rings. The summed E-state index contributed by atoms with van der Waals surface area (Å²) in [5.41, 5.74) is 3.42. The zero-order valence-corrected chi connectivity index (χ0v) is 25.3. The summed E-state index contributed by atoms with van der Waals surface area (Å²) in [6.45, 7) is 1.70. The molecule has 2 aliphatic rings. The molecule has 1 saturated heterocycles. The molecule has 0 spiro atoms. The quantitative estimate of drug-likeness (QED) is 0.347. The molecule has 1 aromatic heterocycles. The number of sulfonamides is 1. The number of nitrogens with one attached hydrogen (secondary N) is 1. The zero-order valence-electron chi connectivity index (χ0n) is 23.7. The van der Waals surface area contributed by atoms with Gasteiger partial charge < -0.3 is 14.2 Å². The number of rotatable bonds is 8. The molecule has 1 amide bonds. The molecule has 0 atom stereocenters. The molecule has 1 aliphatic heterocycles. The van der Waals surface area contributed by atoms with E-state index in [1.54, 1.807) is 18.2 Å². The number of carbonyl (C=O) groups excluding carboxylic acids is 2. The minimum Gasteiger partial charge on any atom is -0.469 e. The third-order valence-electron chi connectivity index (χ3n) is 8.56. The number of methoxy groups -OCH3 is 1. The molecule has 41 heavy (non-hydrogen) atoms. The first kappa shape index (κ1) is 29.6. The number of benzene rings is 2. The average molecular weight is 600 g/mol. The lowest BCUT2D eigenvalue weighted by molar-refractivity contribution is -0.140. The first-order chi connectivity index (χ1) is 19.7. The fraction of sp³-hybridized carbons (Fsp3) is 0.484. The first-order valence-electron chi connectivity index (χ1n) is 14.4. The van der Waals surface area contributed by atoms with Gasteiger partial charge in [0.2, 0.25) is 15.9 Å². The number of fused-ring (bicyclic) bond motifs is 1. The number of hydrogen-bond acceptors (Lipinski definition) is 5. The van der Waals surface area contributed by atoms with Crippen molar-refractivity contribution >= 4 is 44.4 Å². The Morgan fingerprint density at radius 3 is 2.34 bits per heavy atom. The number of carbonyl (C=O) groups is 2. The van der Waals surface area contributed by atoms with E-state index < -0.39 is 10.0 Å². The Bertz CT molecular complexity index is 1520. The maximum atomic E-state index is 13.4. The monoisotopic (exact) mass is 599 g/mol. The Labute approximate surface area is 247 Å². The van der Waals surface area contributed by atoms with Gasteiger partial charge in [-0.2, -0.15) is 0 Å². The van der Waals surface area contributed by atoms with E-state index in [1.165, 1.54) is 13.5 Å². The van der Waals surface area contributed by atoms with E-state index >= 15 is 0 Å². The van der Waals surface area contributed by atoms with Crippen molar-refractivity contribution < 1.29 is 22.7 Å². The van der Waals surface area contributed by atoms with Gasteiger partial charge in [0.1, 0.15) is 0 Å². The van der Waals surface area contributed by atoms with Crippen LogP contribution in [0.4, 0.5) is 0 Å². The van der Waals surface area contributed by atoms with Crippen molar-refractivity contribution in [1.29, 1.82) is 0 Å². The fourth-order valence-electron chi connectivity index (χ4n) is 6.15. The van der Waals surface area contributed by atoms with Gasteiger partial charge in [0.15, 0.2) is 0 Å². The second-order valence-electron chi connectivity index (χ2n) is 11.2. The number of piperidine rings is 1. The summed E-state index contributed by atoms with van der Waals surface area (Å²) in [4.78, 5) is 26.5. The van der Waals surface area contributed by atoms with Crippen molar-refractivity contribution in [1.82, 2.24) is 14.2 Å². The smallest absolute Gasteiger partial charge is 0.305 e. The van der Waals surface area contributed by atoms with E-state index in [-0.39, 0.29) is 28.7 Å². The van der Waals surface area contributed by atoms with Gasteiger partial charge in [-0.3, -0.25) is 9.59 Å². The number of hydrogen-bond donors (Lipinski definition) is 1. The summed E-state index contributed by atoms with van der Waals surface area (Å²) in [7, 11) is -0.501. The molecular formula is C31H38ClN3O5S. The molecule has 8 nitrogen and oxygen atoms in total. The molecule has 1 N–H and O–H groups in total. The molecule has 2 heterocycles. The molecule has 3 aromatic rings. The van der Waals surface area contributed by atoms with Crippen LogP contribution in [0.3, 0.4) is 0 Å². The largest absolute Gasteiger partial charge is 0.469 e. The molecule has 220 valence electrons. The predicted molar refractivity (Wildman–Crippen MR) is 160 cm³/mol. The lowest BCUT2D eigenvalue weighted by atomic mass is 9.85. The highest BCUT2D eigenvalue weighted by atomic mass is 35.5. The third kappa shape index (κ3) is 6.47. The van der Waals surface area contributed by atoms with Crippen molar-refractivity contribution in [2.45, 2.75) is 68.7 Å². The minimum atomic E-state index is -3.76. The number of ether oxygens (including phenoxy) is 1. The van der Waals surface area contributed by atoms with E-state index in [1.807, 2.05) is 40.8 Å². The Morgan fingerprint density at radius 2 is 1.68 bits per heavy atom. The second-order valence-corrected chi connectivity index (χ2v) is 13.3. The van der Waals surface area contributed by atoms with E-state index in [4.69, 9.17) is 16.3 Å². The highest BCUT2D eigenvalue weighted by molar-refractivity contribution is 7.89. The van der Waals surface area contributed by atoms with Gasteiger partial charge in [-0.15, -0.1) is 0 Å². The maximum Gasteiger partial charge on any atom is 0.305 e. The summed E-state index contributed by atoms with van der Waals surface area (Å²) < 4.78 is 36.3. The van der Waals surface area contributed by atoms with Crippen molar-refractivity contribution in [3.63, 3.8) is 0 Å². The van der Waals surface area contributed by atoms with Gasteiger partial charge >= 0.3 is 5.97 Å². The van der Waals surface area contributed by atoms with Gasteiger partial charge in [0.25, 0.3) is 0 Å². The van der Waals surface area contributed by atoms with E-state index in [0.717, 1.165) is 53.7 Å². The van der Waals surface area contributed by atoms with Crippen LogP contribution >= 0.6 is 11.6 Å². The molecule has 10 heteroatoms. The van der Waals surface area contributed by atoms with Crippen LogP contribution in [-0.4, -0.2) is 56.0 Å². The molecule has 0 unspecified atom stereocenters. The van der Waals surface area contributed by atoms with Gasteiger partial charge in [-0.1, -0.05) is 35.9 Å². The minimum absolute atomic E-state index is 0.00366.